The highest BCUT2D eigenvalue weighted by molar-refractivity contribution is 5.90. The van der Waals surface area contributed by atoms with Crippen LogP contribution >= 0.6 is 0 Å². The second kappa shape index (κ2) is 10.5. The SMILES string of the molecule is CC(C)(C)OC(=O)NC1(c2ccc(-n3c(-c4cccnc4N)nc4ccc(-c5cccc(C(=O)O)c5)nc43)cc2)CCC1. The molecule has 4 N–H and O–H groups in total. The zero-order valence-corrected chi connectivity index (χ0v) is 24.2. The van der Waals surface area contributed by atoms with Gasteiger partial charge in [-0.15, -0.1) is 0 Å². The van der Waals surface area contributed by atoms with Gasteiger partial charge in [0.25, 0.3) is 0 Å². The number of carboxylic acid groups (broad SMARTS) is 1. The highest BCUT2D eigenvalue weighted by Gasteiger charge is 2.41. The van der Waals surface area contributed by atoms with E-state index in [-0.39, 0.29) is 5.56 Å². The Balaban J connectivity index is 1.45. The van der Waals surface area contributed by atoms with E-state index >= 15 is 0 Å². The first-order valence-electron chi connectivity index (χ1n) is 14.1. The predicted molar refractivity (Wildman–Crippen MR) is 164 cm³/mol. The molecule has 5 aromatic rings. The summed E-state index contributed by atoms with van der Waals surface area (Å²) in [5, 5.41) is 12.6. The number of ether oxygens (including phenoxy) is 1. The molecular weight excluding hydrogens is 544 g/mol. The van der Waals surface area contributed by atoms with E-state index in [0.29, 0.717) is 39.6 Å². The lowest BCUT2D eigenvalue weighted by atomic mass is 9.72. The van der Waals surface area contributed by atoms with E-state index in [1.807, 2.05) is 73.9 Å². The van der Waals surface area contributed by atoms with Gasteiger partial charge in [0.1, 0.15) is 16.9 Å². The average molecular weight is 577 g/mol. The molecule has 0 atom stereocenters. The molecule has 1 amide bonds. The van der Waals surface area contributed by atoms with Crippen LogP contribution in [0.25, 0.3) is 39.5 Å². The van der Waals surface area contributed by atoms with Crippen LogP contribution in [0.2, 0.25) is 0 Å². The number of pyridine rings is 2. The molecule has 6 rings (SSSR count). The van der Waals surface area contributed by atoms with Crippen molar-refractivity contribution in [3.05, 3.63) is 90.1 Å². The van der Waals surface area contributed by atoms with Crippen molar-refractivity contribution < 1.29 is 19.4 Å². The van der Waals surface area contributed by atoms with Crippen molar-refractivity contribution in [1.82, 2.24) is 24.8 Å². The lowest BCUT2D eigenvalue weighted by Crippen LogP contribution is -2.52. The number of amides is 1. The molecule has 43 heavy (non-hydrogen) atoms. The Kier molecular flexibility index (Phi) is 6.84. The molecule has 218 valence electrons. The zero-order chi connectivity index (χ0) is 30.4. The molecule has 0 unspecified atom stereocenters. The van der Waals surface area contributed by atoms with E-state index in [4.69, 9.17) is 20.4 Å². The summed E-state index contributed by atoms with van der Waals surface area (Å²) in [5.41, 5.74) is 10.3. The van der Waals surface area contributed by atoms with Crippen LogP contribution in [0.1, 0.15) is 56.0 Å². The number of rotatable bonds is 6. The van der Waals surface area contributed by atoms with Crippen molar-refractivity contribution in [2.45, 2.75) is 51.2 Å². The molecule has 2 aromatic carbocycles. The molecule has 0 spiro atoms. The first-order chi connectivity index (χ1) is 20.5. The molecule has 0 radical (unpaired) electrons. The van der Waals surface area contributed by atoms with Crippen molar-refractivity contribution >= 4 is 29.0 Å². The summed E-state index contributed by atoms with van der Waals surface area (Å²) in [6, 6.07) is 22.0. The molecule has 10 heteroatoms. The second-order valence-electron chi connectivity index (χ2n) is 11.7. The second-order valence-corrected chi connectivity index (χ2v) is 11.7. The zero-order valence-electron chi connectivity index (χ0n) is 24.2. The van der Waals surface area contributed by atoms with E-state index in [1.54, 1.807) is 30.5 Å². The van der Waals surface area contributed by atoms with Gasteiger partial charge < -0.3 is 20.9 Å². The predicted octanol–water partition coefficient (Wildman–Crippen LogP) is 6.33. The number of imidazole rings is 1. The summed E-state index contributed by atoms with van der Waals surface area (Å²) in [6.07, 6.45) is 3.83. The summed E-state index contributed by atoms with van der Waals surface area (Å²) in [5.74, 6) is -0.102. The Morgan fingerprint density at radius 2 is 1.77 bits per heavy atom. The number of anilines is 1. The van der Waals surface area contributed by atoms with Crippen LogP contribution in [-0.2, 0) is 10.3 Å². The third kappa shape index (κ3) is 5.39. The maximum absolute atomic E-state index is 12.7. The molecule has 0 bridgehead atoms. The van der Waals surface area contributed by atoms with Gasteiger partial charge in [-0.25, -0.2) is 24.5 Å². The molecule has 1 aliphatic rings. The number of fused-ring (bicyclic) bond motifs is 1. The molecule has 1 aliphatic carbocycles. The quantitative estimate of drug-likeness (QED) is 0.212. The Morgan fingerprint density at radius 3 is 2.42 bits per heavy atom. The number of carbonyl (C=O) groups is 2. The van der Waals surface area contributed by atoms with Crippen LogP contribution in [0, 0.1) is 0 Å². The maximum atomic E-state index is 12.7. The van der Waals surface area contributed by atoms with Gasteiger partial charge in [0, 0.05) is 17.4 Å². The summed E-state index contributed by atoms with van der Waals surface area (Å²) in [7, 11) is 0. The van der Waals surface area contributed by atoms with Gasteiger partial charge in [-0.1, -0.05) is 24.3 Å². The van der Waals surface area contributed by atoms with E-state index < -0.39 is 23.2 Å². The van der Waals surface area contributed by atoms with Crippen LogP contribution in [-0.4, -0.2) is 42.3 Å². The Labute approximate surface area is 248 Å². The number of carboxylic acids is 1. The number of nitrogens with one attached hydrogen (secondary N) is 1. The summed E-state index contributed by atoms with van der Waals surface area (Å²) < 4.78 is 7.47. The molecule has 1 fully saturated rings. The molecule has 0 aliphatic heterocycles. The number of alkyl carbamates (subject to hydrolysis) is 1. The third-order valence-corrected chi connectivity index (χ3v) is 7.61. The number of benzene rings is 2. The van der Waals surface area contributed by atoms with Gasteiger partial charge in [0.2, 0.25) is 0 Å². The van der Waals surface area contributed by atoms with Gasteiger partial charge >= 0.3 is 12.1 Å². The number of hydrogen-bond acceptors (Lipinski definition) is 7. The van der Waals surface area contributed by atoms with Crippen LogP contribution in [0.15, 0.2) is 79.0 Å². The minimum atomic E-state index is -1.01. The highest BCUT2D eigenvalue weighted by atomic mass is 16.6. The van der Waals surface area contributed by atoms with Crippen molar-refractivity contribution in [3.63, 3.8) is 0 Å². The van der Waals surface area contributed by atoms with Crippen molar-refractivity contribution in [2.75, 3.05) is 5.73 Å². The number of nitrogens with zero attached hydrogens (tertiary/aromatic N) is 4. The van der Waals surface area contributed by atoms with Gasteiger partial charge in [0.05, 0.1) is 22.4 Å². The average Bonchev–Trinajstić information content (AvgIpc) is 3.33. The number of carbonyl (C=O) groups excluding carboxylic acids is 1. The minimum absolute atomic E-state index is 0.178. The fourth-order valence-corrected chi connectivity index (χ4v) is 5.41. The van der Waals surface area contributed by atoms with Gasteiger partial charge in [-0.2, -0.15) is 0 Å². The molecule has 1 saturated carbocycles. The van der Waals surface area contributed by atoms with E-state index in [9.17, 15) is 14.7 Å². The number of hydrogen-bond donors (Lipinski definition) is 3. The number of aromatic nitrogens is 4. The summed E-state index contributed by atoms with van der Waals surface area (Å²) >= 11 is 0. The maximum Gasteiger partial charge on any atom is 0.408 e. The van der Waals surface area contributed by atoms with Crippen molar-refractivity contribution in [1.29, 1.82) is 0 Å². The molecule has 0 saturated heterocycles. The fourth-order valence-electron chi connectivity index (χ4n) is 5.41. The van der Waals surface area contributed by atoms with Crippen molar-refractivity contribution in [2.24, 2.45) is 0 Å². The largest absolute Gasteiger partial charge is 0.478 e. The van der Waals surface area contributed by atoms with Crippen molar-refractivity contribution in [3.8, 4) is 28.3 Å². The third-order valence-electron chi connectivity index (χ3n) is 7.61. The molecule has 3 aromatic heterocycles. The van der Waals surface area contributed by atoms with Gasteiger partial charge in [-0.05, 0) is 94.1 Å². The van der Waals surface area contributed by atoms with Gasteiger partial charge in [0.15, 0.2) is 11.5 Å². The lowest BCUT2D eigenvalue weighted by Gasteiger charge is -2.43. The van der Waals surface area contributed by atoms with Crippen LogP contribution in [0.3, 0.4) is 0 Å². The Bertz CT molecular complexity index is 1850. The number of nitrogens with two attached hydrogens (primary N) is 1. The molecular formula is C33H32N6O4. The number of aromatic carboxylic acids is 1. The van der Waals surface area contributed by atoms with E-state index in [0.717, 1.165) is 30.5 Å². The fraction of sp³-hybridized carbons (Fsp3) is 0.242. The Hall–Kier alpha value is -5.25. The standard InChI is InChI=1S/C33H32N6O4/c1-32(2,3)43-31(42)38-33(16-6-17-33)22-10-12-23(13-11-22)39-28(24-9-5-18-35-27(24)34)37-26-15-14-25(36-29(26)39)20-7-4-8-21(19-20)30(40)41/h4-5,7-15,18-19H,6,16-17H2,1-3H3,(H2,34,35)(H,38,42)(H,40,41). The monoisotopic (exact) mass is 576 g/mol. The number of nitrogen functional groups attached to an aromatic ring is 1. The summed E-state index contributed by atoms with van der Waals surface area (Å²) in [4.78, 5) is 38.4. The molecule has 3 heterocycles. The van der Waals surface area contributed by atoms with E-state index in [1.165, 1.54) is 0 Å². The normalized spacial score (nSPS) is 14.2. The van der Waals surface area contributed by atoms with Gasteiger partial charge in [-0.3, -0.25) is 4.57 Å². The van der Waals surface area contributed by atoms with Crippen LogP contribution in [0.5, 0.6) is 0 Å². The van der Waals surface area contributed by atoms with Crippen LogP contribution < -0.4 is 11.1 Å². The first kappa shape index (κ1) is 27.9. The summed E-state index contributed by atoms with van der Waals surface area (Å²) in [6.45, 7) is 5.54. The Morgan fingerprint density at radius 1 is 1.00 bits per heavy atom. The molecule has 10 nitrogen and oxygen atoms in total. The van der Waals surface area contributed by atoms with Crippen LogP contribution in [0.4, 0.5) is 10.6 Å². The topological polar surface area (TPSA) is 145 Å². The lowest BCUT2D eigenvalue weighted by molar-refractivity contribution is 0.0377. The highest BCUT2D eigenvalue weighted by Crippen LogP contribution is 2.42. The van der Waals surface area contributed by atoms with E-state index in [2.05, 4.69) is 10.3 Å². The minimum Gasteiger partial charge on any atom is -0.478 e. The first-order valence-corrected chi connectivity index (χ1v) is 14.1. The smallest absolute Gasteiger partial charge is 0.408 e.